The van der Waals surface area contributed by atoms with Gasteiger partial charge in [0.15, 0.2) is 0 Å². The van der Waals surface area contributed by atoms with Crippen LogP contribution < -0.4 is 10.6 Å². The molecule has 3 aromatic heterocycles. The van der Waals surface area contributed by atoms with Gasteiger partial charge in [-0.25, -0.2) is 4.79 Å². The maximum atomic E-state index is 11.9. The molecule has 2 N–H and O–H groups in total. The van der Waals surface area contributed by atoms with E-state index in [1.54, 1.807) is 35.7 Å². The molecule has 0 saturated carbocycles. The van der Waals surface area contributed by atoms with Crippen LogP contribution in [0, 0.1) is 0 Å². The molecule has 24 heavy (non-hydrogen) atoms. The molecule has 0 aliphatic rings. The predicted octanol–water partition coefficient (Wildman–Crippen LogP) is 1.88. The molecule has 0 radical (unpaired) electrons. The van der Waals surface area contributed by atoms with Crippen molar-refractivity contribution in [2.45, 2.75) is 13.1 Å². The number of aryl methyl sites for hydroxylation is 1. The van der Waals surface area contributed by atoms with Crippen molar-refractivity contribution in [1.82, 2.24) is 30.4 Å². The third-order valence-corrected chi connectivity index (χ3v) is 3.49. The van der Waals surface area contributed by atoms with Gasteiger partial charge in [-0.15, -0.1) is 0 Å². The monoisotopic (exact) mass is 322 g/mol. The molecule has 0 saturated heterocycles. The average molecular weight is 322 g/mol. The van der Waals surface area contributed by atoms with Gasteiger partial charge >= 0.3 is 6.03 Å². The van der Waals surface area contributed by atoms with Gasteiger partial charge in [0.2, 0.25) is 0 Å². The Morgan fingerprint density at radius 2 is 1.75 bits per heavy atom. The van der Waals surface area contributed by atoms with E-state index in [4.69, 9.17) is 0 Å². The lowest BCUT2D eigenvalue weighted by atomic mass is 10.1. The first kappa shape index (κ1) is 15.7. The molecule has 122 valence electrons. The second kappa shape index (κ2) is 7.36. The quantitative estimate of drug-likeness (QED) is 0.751. The van der Waals surface area contributed by atoms with Crippen molar-refractivity contribution in [3.05, 3.63) is 66.5 Å². The molecular formula is C17H18N6O. The Bertz CT molecular complexity index is 815. The van der Waals surface area contributed by atoms with Crippen molar-refractivity contribution in [2.75, 3.05) is 0 Å². The largest absolute Gasteiger partial charge is 0.334 e. The number of nitrogens with zero attached hydrogens (tertiary/aromatic N) is 4. The molecule has 2 amide bonds. The van der Waals surface area contributed by atoms with Crippen molar-refractivity contribution in [3.8, 4) is 11.1 Å². The second-order valence-electron chi connectivity index (χ2n) is 5.38. The molecule has 0 fully saturated rings. The maximum absolute atomic E-state index is 11.9. The van der Waals surface area contributed by atoms with Gasteiger partial charge in [-0.3, -0.25) is 14.6 Å². The number of carbonyl (C=O) groups is 1. The summed E-state index contributed by atoms with van der Waals surface area (Å²) in [7, 11) is 1.87. The van der Waals surface area contributed by atoms with Crippen LogP contribution >= 0.6 is 0 Å². The van der Waals surface area contributed by atoms with Gasteiger partial charge in [0.1, 0.15) is 0 Å². The molecule has 0 unspecified atom stereocenters. The summed E-state index contributed by atoms with van der Waals surface area (Å²) in [5, 5.41) is 9.79. The number of pyridine rings is 2. The highest BCUT2D eigenvalue weighted by Gasteiger charge is 2.04. The van der Waals surface area contributed by atoms with Crippen molar-refractivity contribution < 1.29 is 4.79 Å². The summed E-state index contributed by atoms with van der Waals surface area (Å²) in [6.45, 7) is 0.867. The molecule has 3 heterocycles. The van der Waals surface area contributed by atoms with Gasteiger partial charge in [0.25, 0.3) is 0 Å². The number of aromatic nitrogens is 4. The fraction of sp³-hybridized carbons (Fsp3) is 0.176. The third kappa shape index (κ3) is 4.16. The van der Waals surface area contributed by atoms with Crippen LogP contribution in [0.1, 0.15) is 11.1 Å². The van der Waals surface area contributed by atoms with Gasteiger partial charge in [0.05, 0.1) is 6.20 Å². The fourth-order valence-corrected chi connectivity index (χ4v) is 2.24. The molecular weight excluding hydrogens is 304 g/mol. The Morgan fingerprint density at radius 3 is 2.46 bits per heavy atom. The fourth-order valence-electron chi connectivity index (χ4n) is 2.24. The van der Waals surface area contributed by atoms with Crippen LogP contribution in [0.5, 0.6) is 0 Å². The standard InChI is InChI=1S/C17H18N6O/c1-23-12-16(11-22-23)15-6-14(7-19-10-15)9-21-17(24)20-8-13-2-4-18-5-3-13/h2-7,10-12H,8-9H2,1H3,(H2,20,21,24). The number of amides is 2. The lowest BCUT2D eigenvalue weighted by molar-refractivity contribution is 0.240. The number of hydrogen-bond donors (Lipinski definition) is 2. The highest BCUT2D eigenvalue weighted by atomic mass is 16.2. The first-order valence-corrected chi connectivity index (χ1v) is 7.54. The zero-order valence-corrected chi connectivity index (χ0v) is 13.3. The average Bonchev–Trinajstić information content (AvgIpc) is 3.06. The normalized spacial score (nSPS) is 10.4. The Labute approximate surface area is 139 Å². The summed E-state index contributed by atoms with van der Waals surface area (Å²) in [6, 6.07) is 5.50. The first-order valence-electron chi connectivity index (χ1n) is 7.54. The molecule has 0 aromatic carbocycles. The Morgan fingerprint density at radius 1 is 1.00 bits per heavy atom. The minimum Gasteiger partial charge on any atom is -0.334 e. The third-order valence-electron chi connectivity index (χ3n) is 3.49. The number of rotatable bonds is 5. The van der Waals surface area contributed by atoms with Gasteiger partial charge in [-0.2, -0.15) is 5.10 Å². The highest BCUT2D eigenvalue weighted by Crippen LogP contribution is 2.18. The van der Waals surface area contributed by atoms with Crippen LogP contribution in [0.3, 0.4) is 0 Å². The van der Waals surface area contributed by atoms with Gasteiger partial charge < -0.3 is 10.6 Å². The Hall–Kier alpha value is -3.22. The molecule has 7 nitrogen and oxygen atoms in total. The minimum atomic E-state index is -0.224. The predicted molar refractivity (Wildman–Crippen MR) is 89.8 cm³/mol. The molecule has 0 atom stereocenters. The van der Waals surface area contributed by atoms with Crippen molar-refractivity contribution >= 4 is 6.03 Å². The topological polar surface area (TPSA) is 84.7 Å². The Balaban J connectivity index is 1.54. The van der Waals surface area contributed by atoms with Crippen LogP contribution in [0.2, 0.25) is 0 Å². The highest BCUT2D eigenvalue weighted by molar-refractivity contribution is 5.73. The summed E-state index contributed by atoms with van der Waals surface area (Å²) >= 11 is 0. The lowest BCUT2D eigenvalue weighted by Crippen LogP contribution is -2.34. The van der Waals surface area contributed by atoms with E-state index in [1.165, 1.54) is 0 Å². The van der Waals surface area contributed by atoms with E-state index in [-0.39, 0.29) is 6.03 Å². The van der Waals surface area contributed by atoms with Gasteiger partial charge in [0, 0.05) is 62.2 Å². The molecule has 7 heteroatoms. The van der Waals surface area contributed by atoms with Gasteiger partial charge in [-0.05, 0) is 29.3 Å². The molecule has 0 spiro atoms. The van der Waals surface area contributed by atoms with E-state index in [1.807, 2.05) is 31.4 Å². The molecule has 0 aliphatic carbocycles. The van der Waals surface area contributed by atoms with Crippen molar-refractivity contribution in [3.63, 3.8) is 0 Å². The zero-order chi connectivity index (χ0) is 16.8. The second-order valence-corrected chi connectivity index (χ2v) is 5.38. The van der Waals surface area contributed by atoms with Crippen LogP contribution in [0.15, 0.2) is 55.4 Å². The molecule has 0 aliphatic heterocycles. The number of urea groups is 1. The van der Waals surface area contributed by atoms with E-state index < -0.39 is 0 Å². The zero-order valence-electron chi connectivity index (χ0n) is 13.3. The van der Waals surface area contributed by atoms with Crippen LogP contribution in [0.25, 0.3) is 11.1 Å². The van der Waals surface area contributed by atoms with E-state index in [0.717, 1.165) is 22.3 Å². The van der Waals surface area contributed by atoms with Crippen molar-refractivity contribution in [2.24, 2.45) is 7.05 Å². The van der Waals surface area contributed by atoms with Crippen LogP contribution in [0.4, 0.5) is 4.79 Å². The summed E-state index contributed by atoms with van der Waals surface area (Å²) in [6.07, 6.45) is 10.6. The van der Waals surface area contributed by atoms with Crippen molar-refractivity contribution in [1.29, 1.82) is 0 Å². The van der Waals surface area contributed by atoms with E-state index >= 15 is 0 Å². The number of nitrogens with one attached hydrogen (secondary N) is 2. The number of hydrogen-bond acceptors (Lipinski definition) is 4. The Kier molecular flexibility index (Phi) is 4.81. The molecule has 3 rings (SSSR count). The first-order chi connectivity index (χ1) is 11.7. The lowest BCUT2D eigenvalue weighted by Gasteiger charge is -2.08. The van der Waals surface area contributed by atoms with Gasteiger partial charge in [-0.1, -0.05) is 0 Å². The van der Waals surface area contributed by atoms with E-state index in [9.17, 15) is 4.79 Å². The summed E-state index contributed by atoms with van der Waals surface area (Å²) < 4.78 is 1.74. The summed E-state index contributed by atoms with van der Waals surface area (Å²) in [4.78, 5) is 20.0. The minimum absolute atomic E-state index is 0.224. The van der Waals surface area contributed by atoms with E-state index in [2.05, 4.69) is 25.7 Å². The van der Waals surface area contributed by atoms with Crippen LogP contribution in [-0.2, 0) is 20.1 Å². The molecule has 3 aromatic rings. The summed E-state index contributed by atoms with van der Waals surface area (Å²) in [5.74, 6) is 0. The summed E-state index contributed by atoms with van der Waals surface area (Å²) in [5.41, 5.74) is 3.89. The number of carbonyl (C=O) groups excluding carboxylic acids is 1. The van der Waals surface area contributed by atoms with Crippen LogP contribution in [-0.4, -0.2) is 25.8 Å². The smallest absolute Gasteiger partial charge is 0.315 e. The SMILES string of the molecule is Cn1cc(-c2cncc(CNC(=O)NCc3ccncc3)c2)cn1. The van der Waals surface area contributed by atoms with E-state index in [0.29, 0.717) is 13.1 Å². The maximum Gasteiger partial charge on any atom is 0.315 e. The molecule has 0 bridgehead atoms.